The SMILES string of the molecule is Cc1cc(C)c(C(N)c2c(F)cccc2Br)c(F)c1. The molecule has 0 spiro atoms. The van der Waals surface area contributed by atoms with Gasteiger partial charge in [-0.2, -0.15) is 0 Å². The molecule has 0 radical (unpaired) electrons. The maximum Gasteiger partial charge on any atom is 0.129 e. The van der Waals surface area contributed by atoms with Crippen LogP contribution >= 0.6 is 15.9 Å². The maximum atomic E-state index is 14.1. The summed E-state index contributed by atoms with van der Waals surface area (Å²) in [6, 6.07) is 7.01. The smallest absolute Gasteiger partial charge is 0.129 e. The zero-order chi connectivity index (χ0) is 14.2. The van der Waals surface area contributed by atoms with Crippen molar-refractivity contribution in [2.75, 3.05) is 0 Å². The third-order valence-electron chi connectivity index (χ3n) is 3.10. The van der Waals surface area contributed by atoms with Crippen molar-refractivity contribution in [2.24, 2.45) is 5.73 Å². The van der Waals surface area contributed by atoms with Crippen LogP contribution in [0.5, 0.6) is 0 Å². The van der Waals surface area contributed by atoms with Crippen LogP contribution in [0, 0.1) is 25.5 Å². The standard InChI is InChI=1S/C15H14BrF2N/c1-8-6-9(2)13(12(18)7-8)15(19)14-10(16)4-3-5-11(14)17/h3-7,15H,19H2,1-2H3. The van der Waals surface area contributed by atoms with Gasteiger partial charge in [0.2, 0.25) is 0 Å². The van der Waals surface area contributed by atoms with Crippen molar-refractivity contribution in [1.82, 2.24) is 0 Å². The fourth-order valence-electron chi connectivity index (χ4n) is 2.27. The second-order valence-corrected chi connectivity index (χ2v) is 5.44. The molecule has 0 fully saturated rings. The Morgan fingerprint density at radius 2 is 1.74 bits per heavy atom. The van der Waals surface area contributed by atoms with Crippen LogP contribution in [0.4, 0.5) is 8.78 Å². The fourth-order valence-corrected chi connectivity index (χ4v) is 2.86. The topological polar surface area (TPSA) is 26.0 Å². The van der Waals surface area contributed by atoms with E-state index in [1.54, 1.807) is 19.1 Å². The molecule has 2 aromatic rings. The highest BCUT2D eigenvalue weighted by molar-refractivity contribution is 9.10. The molecule has 1 unspecified atom stereocenters. The number of benzene rings is 2. The van der Waals surface area contributed by atoms with Gasteiger partial charge in [-0.1, -0.05) is 28.1 Å². The average molecular weight is 326 g/mol. The Morgan fingerprint density at radius 3 is 2.32 bits per heavy atom. The number of halogens is 3. The van der Waals surface area contributed by atoms with Crippen molar-refractivity contribution in [3.63, 3.8) is 0 Å². The van der Waals surface area contributed by atoms with Gasteiger partial charge in [-0.25, -0.2) is 8.78 Å². The van der Waals surface area contributed by atoms with Crippen molar-refractivity contribution in [3.8, 4) is 0 Å². The molecule has 0 saturated carbocycles. The molecule has 19 heavy (non-hydrogen) atoms. The second kappa shape index (κ2) is 5.39. The van der Waals surface area contributed by atoms with Gasteiger partial charge in [-0.3, -0.25) is 0 Å². The van der Waals surface area contributed by atoms with Crippen molar-refractivity contribution in [1.29, 1.82) is 0 Å². The number of aryl methyl sites for hydroxylation is 2. The molecule has 4 heteroatoms. The van der Waals surface area contributed by atoms with E-state index in [0.717, 1.165) is 11.1 Å². The summed E-state index contributed by atoms with van der Waals surface area (Å²) in [7, 11) is 0. The normalized spacial score (nSPS) is 12.5. The van der Waals surface area contributed by atoms with Crippen LogP contribution in [0.3, 0.4) is 0 Å². The largest absolute Gasteiger partial charge is 0.320 e. The quantitative estimate of drug-likeness (QED) is 0.870. The van der Waals surface area contributed by atoms with E-state index in [4.69, 9.17) is 5.73 Å². The van der Waals surface area contributed by atoms with E-state index >= 15 is 0 Å². The summed E-state index contributed by atoms with van der Waals surface area (Å²) >= 11 is 3.27. The zero-order valence-corrected chi connectivity index (χ0v) is 12.3. The van der Waals surface area contributed by atoms with Gasteiger partial charge in [0.1, 0.15) is 11.6 Å². The number of hydrogen-bond donors (Lipinski definition) is 1. The first-order valence-corrected chi connectivity index (χ1v) is 6.67. The van der Waals surface area contributed by atoms with Crippen LogP contribution in [0.25, 0.3) is 0 Å². The molecular weight excluding hydrogens is 312 g/mol. The minimum atomic E-state index is -0.837. The summed E-state index contributed by atoms with van der Waals surface area (Å²) in [6.45, 7) is 3.59. The molecule has 0 amide bonds. The van der Waals surface area contributed by atoms with E-state index in [0.29, 0.717) is 10.0 Å². The molecule has 0 aliphatic heterocycles. The fraction of sp³-hybridized carbons (Fsp3) is 0.200. The van der Waals surface area contributed by atoms with Crippen LogP contribution in [-0.2, 0) is 0 Å². The highest BCUT2D eigenvalue weighted by Crippen LogP contribution is 2.32. The summed E-state index contributed by atoms with van der Waals surface area (Å²) in [5.74, 6) is -0.846. The van der Waals surface area contributed by atoms with Crippen LogP contribution in [0.1, 0.15) is 28.3 Å². The minimum Gasteiger partial charge on any atom is -0.320 e. The third kappa shape index (κ3) is 2.69. The highest BCUT2D eigenvalue weighted by Gasteiger charge is 2.21. The Morgan fingerprint density at radius 1 is 1.05 bits per heavy atom. The van der Waals surface area contributed by atoms with E-state index < -0.39 is 17.7 Å². The number of hydrogen-bond acceptors (Lipinski definition) is 1. The van der Waals surface area contributed by atoms with Gasteiger partial charge < -0.3 is 5.73 Å². The molecule has 0 aromatic heterocycles. The second-order valence-electron chi connectivity index (χ2n) is 4.59. The van der Waals surface area contributed by atoms with E-state index in [9.17, 15) is 8.78 Å². The van der Waals surface area contributed by atoms with Crippen LogP contribution in [0.15, 0.2) is 34.8 Å². The molecule has 1 atom stereocenters. The van der Waals surface area contributed by atoms with Gasteiger partial charge in [0, 0.05) is 15.6 Å². The van der Waals surface area contributed by atoms with Crippen molar-refractivity contribution < 1.29 is 8.78 Å². The predicted molar refractivity (Wildman–Crippen MR) is 76.0 cm³/mol. The highest BCUT2D eigenvalue weighted by atomic mass is 79.9. The lowest BCUT2D eigenvalue weighted by molar-refractivity contribution is 0.572. The average Bonchev–Trinajstić information content (AvgIpc) is 2.26. The van der Waals surface area contributed by atoms with Gasteiger partial charge in [-0.05, 0) is 43.2 Å². The molecule has 2 aromatic carbocycles. The Labute approximate surface area is 119 Å². The van der Waals surface area contributed by atoms with Crippen molar-refractivity contribution in [2.45, 2.75) is 19.9 Å². The Bertz CT molecular complexity index is 582. The first-order chi connectivity index (χ1) is 8.91. The molecule has 2 rings (SSSR count). The summed E-state index contributed by atoms with van der Waals surface area (Å²) in [5.41, 5.74) is 8.20. The molecule has 2 N–H and O–H groups in total. The molecule has 0 bridgehead atoms. The van der Waals surface area contributed by atoms with Crippen LogP contribution < -0.4 is 5.73 Å². The molecule has 0 aliphatic rings. The molecule has 100 valence electrons. The molecule has 0 heterocycles. The van der Waals surface area contributed by atoms with Gasteiger partial charge in [0.05, 0.1) is 6.04 Å². The first kappa shape index (κ1) is 14.2. The molecule has 0 aliphatic carbocycles. The summed E-state index contributed by atoms with van der Waals surface area (Å²) in [6.07, 6.45) is 0. The zero-order valence-electron chi connectivity index (χ0n) is 10.7. The number of nitrogens with two attached hydrogens (primary N) is 1. The van der Waals surface area contributed by atoms with E-state index in [1.165, 1.54) is 12.1 Å². The summed E-state index contributed by atoms with van der Waals surface area (Å²) in [5, 5.41) is 0. The monoisotopic (exact) mass is 325 g/mol. The van der Waals surface area contributed by atoms with E-state index in [2.05, 4.69) is 15.9 Å². The summed E-state index contributed by atoms with van der Waals surface area (Å²) in [4.78, 5) is 0. The lowest BCUT2D eigenvalue weighted by Gasteiger charge is -2.18. The van der Waals surface area contributed by atoms with Crippen LogP contribution in [0.2, 0.25) is 0 Å². The Balaban J connectivity index is 2.60. The van der Waals surface area contributed by atoms with Gasteiger partial charge in [-0.15, -0.1) is 0 Å². The van der Waals surface area contributed by atoms with E-state index in [1.807, 2.05) is 13.0 Å². The first-order valence-electron chi connectivity index (χ1n) is 5.88. The predicted octanol–water partition coefficient (Wildman–Crippen LogP) is 4.39. The molecular formula is C15H14BrF2N. The summed E-state index contributed by atoms with van der Waals surface area (Å²) < 4.78 is 28.5. The van der Waals surface area contributed by atoms with Gasteiger partial charge >= 0.3 is 0 Å². The number of rotatable bonds is 2. The lowest BCUT2D eigenvalue weighted by atomic mass is 9.93. The lowest BCUT2D eigenvalue weighted by Crippen LogP contribution is -2.17. The van der Waals surface area contributed by atoms with E-state index in [-0.39, 0.29) is 5.56 Å². The third-order valence-corrected chi connectivity index (χ3v) is 3.79. The van der Waals surface area contributed by atoms with Crippen molar-refractivity contribution in [3.05, 3.63) is 68.7 Å². The molecule has 1 nitrogen and oxygen atoms in total. The Hall–Kier alpha value is -1.26. The van der Waals surface area contributed by atoms with Gasteiger partial charge in [0.15, 0.2) is 0 Å². The van der Waals surface area contributed by atoms with Crippen molar-refractivity contribution >= 4 is 15.9 Å². The Kier molecular flexibility index (Phi) is 4.02. The van der Waals surface area contributed by atoms with Crippen LogP contribution in [-0.4, -0.2) is 0 Å². The maximum absolute atomic E-state index is 14.1. The van der Waals surface area contributed by atoms with Gasteiger partial charge in [0.25, 0.3) is 0 Å². The minimum absolute atomic E-state index is 0.272. The molecule has 0 saturated heterocycles.